The Balaban J connectivity index is 1.90. The molecule has 0 spiro atoms. The van der Waals surface area contributed by atoms with Crippen LogP contribution in [0.15, 0.2) is 42.5 Å². The average Bonchev–Trinajstić information content (AvgIpc) is 3.07. The summed E-state index contributed by atoms with van der Waals surface area (Å²) in [5.41, 5.74) is 2.21. The van der Waals surface area contributed by atoms with Gasteiger partial charge in [0.25, 0.3) is 5.69 Å². The fraction of sp³-hybridized carbons (Fsp3) is 0.222. The maximum atomic E-state index is 11.5. The minimum atomic E-state index is -0.354. The van der Waals surface area contributed by atoms with Gasteiger partial charge < -0.3 is 5.32 Å². The molecule has 0 saturated heterocycles. The van der Waals surface area contributed by atoms with Crippen LogP contribution in [-0.2, 0) is 0 Å². The van der Waals surface area contributed by atoms with E-state index >= 15 is 0 Å². The van der Waals surface area contributed by atoms with E-state index in [1.54, 1.807) is 12.1 Å². The first kappa shape index (κ1) is 16.7. The van der Waals surface area contributed by atoms with E-state index in [1.165, 1.54) is 6.07 Å². The third-order valence-corrected chi connectivity index (χ3v) is 6.11. The molecule has 0 fully saturated rings. The highest BCUT2D eigenvalue weighted by Gasteiger charge is 2.43. The number of nitrogens with one attached hydrogen (secondary N) is 1. The van der Waals surface area contributed by atoms with Crippen molar-refractivity contribution in [3.8, 4) is 0 Å². The highest BCUT2D eigenvalue weighted by Crippen LogP contribution is 2.55. The van der Waals surface area contributed by atoms with Gasteiger partial charge in [-0.1, -0.05) is 59.1 Å². The third kappa shape index (κ3) is 2.60. The zero-order valence-electron chi connectivity index (χ0n) is 12.9. The van der Waals surface area contributed by atoms with Crippen molar-refractivity contribution in [3.05, 3.63) is 78.8 Å². The Morgan fingerprint density at radius 3 is 2.68 bits per heavy atom. The molecule has 4 nitrogen and oxygen atoms in total. The molecule has 1 aliphatic heterocycles. The van der Waals surface area contributed by atoms with Gasteiger partial charge in [0, 0.05) is 12.0 Å². The highest BCUT2D eigenvalue weighted by atomic mass is 35.5. The van der Waals surface area contributed by atoms with E-state index in [2.05, 4.69) is 11.4 Å². The third-order valence-electron chi connectivity index (χ3n) is 4.96. The number of allylic oxidation sites excluding steroid dienone is 2. The lowest BCUT2D eigenvalue weighted by atomic mass is 9.76. The standard InChI is InChI=1S/C18H13Cl3N2O2/c19-12-6-2-5-11(16(12)21)17-10-4-1-3-9(10)15-14(23(24)25)8-7-13(20)18(15)22-17/h1-3,5-10,17,22H,4H2/t9-,10-,17-/m1/s1. The van der Waals surface area contributed by atoms with E-state index < -0.39 is 0 Å². The average molecular weight is 396 g/mol. The van der Waals surface area contributed by atoms with Crippen molar-refractivity contribution < 1.29 is 4.92 Å². The van der Waals surface area contributed by atoms with Gasteiger partial charge in [-0.05, 0) is 30.0 Å². The molecule has 25 heavy (non-hydrogen) atoms. The van der Waals surface area contributed by atoms with E-state index in [9.17, 15) is 10.1 Å². The van der Waals surface area contributed by atoms with Crippen molar-refractivity contribution in [1.82, 2.24) is 0 Å². The van der Waals surface area contributed by atoms with Crippen LogP contribution in [0.3, 0.4) is 0 Å². The lowest BCUT2D eigenvalue weighted by molar-refractivity contribution is -0.385. The van der Waals surface area contributed by atoms with Gasteiger partial charge in [0.1, 0.15) is 0 Å². The first-order valence-corrected chi connectivity index (χ1v) is 8.96. The van der Waals surface area contributed by atoms with Crippen molar-refractivity contribution in [1.29, 1.82) is 0 Å². The van der Waals surface area contributed by atoms with E-state index in [0.29, 0.717) is 26.3 Å². The lowest BCUT2D eigenvalue weighted by Gasteiger charge is -2.38. The largest absolute Gasteiger partial charge is 0.376 e. The molecule has 0 aromatic heterocycles. The Kier molecular flexibility index (Phi) is 4.14. The van der Waals surface area contributed by atoms with Gasteiger partial charge in [-0.15, -0.1) is 0 Å². The maximum Gasteiger partial charge on any atom is 0.275 e. The van der Waals surface area contributed by atoms with E-state index in [0.717, 1.165) is 12.0 Å². The summed E-state index contributed by atoms with van der Waals surface area (Å²) in [7, 11) is 0. The van der Waals surface area contributed by atoms with Gasteiger partial charge >= 0.3 is 0 Å². The molecule has 2 aromatic carbocycles. The Bertz CT molecular complexity index is 913. The van der Waals surface area contributed by atoms with Crippen molar-refractivity contribution in [3.63, 3.8) is 0 Å². The summed E-state index contributed by atoms with van der Waals surface area (Å²) in [6.45, 7) is 0. The number of fused-ring (bicyclic) bond motifs is 3. The molecule has 1 aliphatic carbocycles. The van der Waals surface area contributed by atoms with Crippen molar-refractivity contribution >= 4 is 46.2 Å². The van der Waals surface area contributed by atoms with Crippen LogP contribution in [0.2, 0.25) is 15.1 Å². The van der Waals surface area contributed by atoms with Crippen LogP contribution in [0, 0.1) is 16.0 Å². The number of rotatable bonds is 2. The first-order chi connectivity index (χ1) is 12.0. The van der Waals surface area contributed by atoms with Crippen LogP contribution in [0.5, 0.6) is 0 Å². The molecule has 0 unspecified atom stereocenters. The number of benzene rings is 2. The van der Waals surface area contributed by atoms with Gasteiger partial charge in [-0.3, -0.25) is 10.1 Å². The van der Waals surface area contributed by atoms with E-state index in [-0.39, 0.29) is 28.5 Å². The summed E-state index contributed by atoms with van der Waals surface area (Å²) in [5, 5.41) is 16.3. The molecule has 0 amide bonds. The van der Waals surface area contributed by atoms with Crippen LogP contribution in [-0.4, -0.2) is 4.92 Å². The minimum absolute atomic E-state index is 0.0871. The molecule has 0 radical (unpaired) electrons. The highest BCUT2D eigenvalue weighted by molar-refractivity contribution is 6.42. The lowest BCUT2D eigenvalue weighted by Crippen LogP contribution is -2.30. The van der Waals surface area contributed by atoms with Crippen molar-refractivity contribution in [2.45, 2.75) is 18.4 Å². The second-order valence-electron chi connectivity index (χ2n) is 6.23. The summed E-state index contributed by atoms with van der Waals surface area (Å²) in [5.74, 6) is 0.0241. The predicted molar refractivity (Wildman–Crippen MR) is 101 cm³/mol. The molecular weight excluding hydrogens is 383 g/mol. The van der Waals surface area contributed by atoms with Gasteiger partial charge in [-0.25, -0.2) is 0 Å². The Hall–Kier alpha value is -1.75. The van der Waals surface area contributed by atoms with Crippen LogP contribution in [0.4, 0.5) is 11.4 Å². The van der Waals surface area contributed by atoms with Crippen LogP contribution >= 0.6 is 34.8 Å². The number of halogens is 3. The van der Waals surface area contributed by atoms with Crippen LogP contribution < -0.4 is 5.32 Å². The Morgan fingerprint density at radius 1 is 1.12 bits per heavy atom. The molecule has 1 heterocycles. The van der Waals surface area contributed by atoms with Crippen molar-refractivity contribution in [2.75, 3.05) is 5.32 Å². The summed E-state index contributed by atoms with van der Waals surface area (Å²) in [6, 6.07) is 8.43. The Morgan fingerprint density at radius 2 is 1.92 bits per heavy atom. The molecular formula is C18H13Cl3N2O2. The van der Waals surface area contributed by atoms with E-state index in [1.807, 2.05) is 18.2 Å². The smallest absolute Gasteiger partial charge is 0.275 e. The molecule has 4 rings (SSSR count). The molecule has 0 bridgehead atoms. The molecule has 2 aliphatic rings. The minimum Gasteiger partial charge on any atom is -0.376 e. The Labute approximate surface area is 159 Å². The maximum absolute atomic E-state index is 11.5. The fourth-order valence-electron chi connectivity index (χ4n) is 3.88. The second-order valence-corrected chi connectivity index (χ2v) is 7.42. The topological polar surface area (TPSA) is 55.2 Å². The summed E-state index contributed by atoms with van der Waals surface area (Å²) in [6.07, 6.45) is 4.88. The van der Waals surface area contributed by atoms with Gasteiger partial charge in [0.05, 0.1) is 37.3 Å². The zero-order chi connectivity index (χ0) is 17.7. The second kappa shape index (κ2) is 6.20. The number of hydrogen-bond donors (Lipinski definition) is 1. The normalized spacial score (nSPS) is 23.7. The number of hydrogen-bond acceptors (Lipinski definition) is 3. The van der Waals surface area contributed by atoms with Crippen LogP contribution in [0.25, 0.3) is 0 Å². The summed E-state index contributed by atoms with van der Waals surface area (Å²) < 4.78 is 0. The fourth-order valence-corrected chi connectivity index (χ4v) is 4.53. The SMILES string of the molecule is O=[N+]([O-])c1ccc(Cl)c2c1[C@@H]1C=CC[C@H]1[C@H](c1cccc(Cl)c1Cl)N2. The van der Waals surface area contributed by atoms with Crippen molar-refractivity contribution in [2.24, 2.45) is 5.92 Å². The quantitative estimate of drug-likeness (QED) is 0.364. The summed E-state index contributed by atoms with van der Waals surface area (Å²) in [4.78, 5) is 11.1. The van der Waals surface area contributed by atoms with Gasteiger partial charge in [0.15, 0.2) is 0 Å². The predicted octanol–water partition coefficient (Wildman–Crippen LogP) is 6.38. The number of nitro benzene ring substituents is 1. The molecule has 1 N–H and O–H groups in total. The zero-order valence-corrected chi connectivity index (χ0v) is 15.1. The van der Waals surface area contributed by atoms with Crippen LogP contribution in [0.1, 0.15) is 29.5 Å². The molecule has 2 aromatic rings. The molecule has 7 heteroatoms. The molecule has 3 atom stereocenters. The first-order valence-electron chi connectivity index (χ1n) is 7.83. The van der Waals surface area contributed by atoms with Gasteiger partial charge in [0.2, 0.25) is 0 Å². The number of anilines is 1. The summed E-state index contributed by atoms with van der Waals surface area (Å²) >= 11 is 19.0. The molecule has 128 valence electrons. The van der Waals surface area contributed by atoms with Gasteiger partial charge in [-0.2, -0.15) is 0 Å². The molecule has 0 saturated carbocycles. The van der Waals surface area contributed by atoms with E-state index in [4.69, 9.17) is 34.8 Å². The monoisotopic (exact) mass is 394 g/mol. The number of nitro groups is 1. The number of nitrogens with zero attached hydrogens (tertiary/aromatic N) is 1.